The van der Waals surface area contributed by atoms with Gasteiger partial charge < -0.3 is 0 Å². The maximum absolute atomic E-state index is 14.8. The van der Waals surface area contributed by atoms with Gasteiger partial charge in [-0.25, -0.2) is 0 Å². The maximum atomic E-state index is 14.8. The van der Waals surface area contributed by atoms with Gasteiger partial charge in [-0.2, -0.15) is 0 Å². The zero-order valence-corrected chi connectivity index (χ0v) is 24.5. The van der Waals surface area contributed by atoms with Crippen molar-refractivity contribution in [3.8, 4) is 5.75 Å². The molecule has 0 aliphatic carbocycles. The summed E-state index contributed by atoms with van der Waals surface area (Å²) in [5, 5.41) is -0.132. The second kappa shape index (κ2) is 11.8. The van der Waals surface area contributed by atoms with Crippen LogP contribution in [0.4, 0.5) is 17.6 Å². The molecule has 41 heavy (non-hydrogen) atoms. The number of halogens is 5. The van der Waals surface area contributed by atoms with Crippen molar-refractivity contribution in [1.29, 1.82) is 0 Å². The molecule has 0 atom stereocenters. The van der Waals surface area contributed by atoms with Gasteiger partial charge in [0.15, 0.2) is 0 Å². The minimum absolute atomic E-state index is 0.226. The summed E-state index contributed by atoms with van der Waals surface area (Å²) in [7, 11) is 0. The Kier molecular flexibility index (Phi) is 8.35. The van der Waals surface area contributed by atoms with E-state index in [-0.39, 0.29) is 12.4 Å². The Labute approximate surface area is 245 Å². The van der Waals surface area contributed by atoms with Gasteiger partial charge in [-0.1, -0.05) is 0 Å². The standard InChI is InChI=1S/C34H28BrF4OP/c35-41(30-10-4-1-5-11-30,31-12-6-2-7-13-31,32-14-8-3-9-15-32)25-27-24-29(36)20-21-33(27)40-23-22-26-16-18-28(19-17-26)34(37,38)39/h1-21,24H,22-23,25H2. The average molecular weight is 639 g/mol. The first-order chi connectivity index (χ1) is 19.7. The number of hydrogen-bond donors (Lipinski definition) is 0. The zero-order valence-electron chi connectivity index (χ0n) is 22.1. The van der Waals surface area contributed by atoms with E-state index in [0.717, 1.165) is 33.6 Å². The molecule has 5 rings (SSSR count). The molecule has 0 fully saturated rings. The van der Waals surface area contributed by atoms with E-state index in [1.54, 1.807) is 6.07 Å². The topological polar surface area (TPSA) is 9.23 Å². The van der Waals surface area contributed by atoms with Crippen LogP contribution in [0.3, 0.4) is 0 Å². The molecular weight excluding hydrogens is 611 g/mol. The molecule has 1 nitrogen and oxygen atoms in total. The molecule has 0 heterocycles. The predicted molar refractivity (Wildman–Crippen MR) is 165 cm³/mol. The number of hydrogen-bond acceptors (Lipinski definition) is 1. The third-order valence-corrected chi connectivity index (χ3v) is 16.8. The van der Waals surface area contributed by atoms with Crippen LogP contribution in [0.25, 0.3) is 0 Å². The molecule has 0 saturated carbocycles. The van der Waals surface area contributed by atoms with Gasteiger partial charge in [0, 0.05) is 0 Å². The van der Waals surface area contributed by atoms with Crippen molar-refractivity contribution in [1.82, 2.24) is 0 Å². The molecule has 0 radical (unpaired) electrons. The Morgan fingerprint density at radius 1 is 0.634 bits per heavy atom. The first kappa shape index (κ1) is 29.0. The fraction of sp³-hybridized carbons (Fsp3) is 0.118. The SMILES string of the molecule is Fc1ccc(OCCc2ccc(C(F)(F)F)cc2)c(CP(Br)(c2ccccc2)(c2ccccc2)c2ccccc2)c1. The fourth-order valence-electron chi connectivity index (χ4n) is 5.21. The van der Waals surface area contributed by atoms with Crippen molar-refractivity contribution in [2.75, 3.05) is 6.61 Å². The van der Waals surface area contributed by atoms with E-state index in [4.69, 9.17) is 4.74 Å². The molecule has 210 valence electrons. The summed E-state index contributed by atoms with van der Waals surface area (Å²) in [6.07, 6.45) is -3.53. The van der Waals surface area contributed by atoms with Crippen LogP contribution < -0.4 is 20.7 Å². The molecule has 5 aromatic rings. The van der Waals surface area contributed by atoms with Gasteiger partial charge in [0.2, 0.25) is 0 Å². The van der Waals surface area contributed by atoms with Crippen molar-refractivity contribution >= 4 is 36.7 Å². The molecule has 0 spiro atoms. The Morgan fingerprint density at radius 2 is 1.12 bits per heavy atom. The summed E-state index contributed by atoms with van der Waals surface area (Å²) >= 11 is 4.40. The van der Waals surface area contributed by atoms with E-state index in [1.165, 1.54) is 24.3 Å². The first-order valence-corrected chi connectivity index (χ1v) is 17.6. The van der Waals surface area contributed by atoms with E-state index >= 15 is 0 Å². The van der Waals surface area contributed by atoms with Gasteiger partial charge in [-0.15, -0.1) is 0 Å². The van der Waals surface area contributed by atoms with Crippen molar-refractivity contribution in [2.45, 2.75) is 18.8 Å². The normalized spacial score (nSPS) is 12.9. The van der Waals surface area contributed by atoms with Gasteiger partial charge in [-0.3, -0.25) is 0 Å². The van der Waals surface area contributed by atoms with Crippen LogP contribution in [0.5, 0.6) is 5.75 Å². The monoisotopic (exact) mass is 638 g/mol. The molecule has 0 unspecified atom stereocenters. The molecule has 0 N–H and O–H groups in total. The van der Waals surface area contributed by atoms with Crippen LogP contribution >= 0.6 is 20.8 Å². The van der Waals surface area contributed by atoms with Crippen LogP contribution in [0.15, 0.2) is 133 Å². The average Bonchev–Trinajstić information content (AvgIpc) is 2.99. The molecule has 0 aliphatic heterocycles. The van der Waals surface area contributed by atoms with Crippen LogP contribution in [-0.2, 0) is 18.8 Å². The second-order valence-corrected chi connectivity index (χ2v) is 18.8. The van der Waals surface area contributed by atoms with Crippen LogP contribution in [0.2, 0.25) is 0 Å². The Bertz CT molecular complexity index is 1490. The van der Waals surface area contributed by atoms with Crippen molar-refractivity contribution in [3.63, 3.8) is 0 Å². The molecular formula is C34H28BrF4OP. The Hall–Kier alpha value is -3.47. The van der Waals surface area contributed by atoms with Crippen LogP contribution in [0, 0.1) is 5.82 Å². The zero-order chi connectivity index (χ0) is 29.0. The second-order valence-electron chi connectivity index (χ2n) is 9.89. The molecule has 0 aromatic heterocycles. The molecule has 0 aliphatic rings. The van der Waals surface area contributed by atoms with E-state index in [9.17, 15) is 17.6 Å². The van der Waals surface area contributed by atoms with Crippen LogP contribution in [-0.4, -0.2) is 6.61 Å². The molecule has 5 aromatic carbocycles. The van der Waals surface area contributed by atoms with E-state index in [0.29, 0.717) is 23.9 Å². The van der Waals surface area contributed by atoms with Crippen LogP contribution in [0.1, 0.15) is 16.7 Å². The third kappa shape index (κ3) is 5.95. The quantitative estimate of drug-likeness (QED) is 0.116. The molecule has 0 bridgehead atoms. The number of ether oxygens (including phenoxy) is 1. The first-order valence-electron chi connectivity index (χ1n) is 13.2. The van der Waals surface area contributed by atoms with Crippen molar-refractivity contribution < 1.29 is 22.3 Å². The summed E-state index contributed by atoms with van der Waals surface area (Å²) < 4.78 is 59.9. The van der Waals surface area contributed by atoms with E-state index in [1.807, 2.05) is 54.6 Å². The minimum atomic E-state index is -4.38. The number of alkyl halides is 3. The summed E-state index contributed by atoms with van der Waals surface area (Å²) in [5.41, 5.74) is 0.734. The van der Waals surface area contributed by atoms with Crippen molar-refractivity contribution in [3.05, 3.63) is 156 Å². The van der Waals surface area contributed by atoms with Crippen molar-refractivity contribution in [2.24, 2.45) is 0 Å². The summed E-state index contributed by atoms with van der Waals surface area (Å²) in [4.78, 5) is 0. The molecule has 0 saturated heterocycles. The van der Waals surface area contributed by atoms with Gasteiger partial charge in [0.1, 0.15) is 0 Å². The Morgan fingerprint density at radius 3 is 1.59 bits per heavy atom. The summed E-state index contributed by atoms with van der Waals surface area (Å²) in [6.45, 7) is 0.226. The fourth-order valence-corrected chi connectivity index (χ4v) is 12.9. The van der Waals surface area contributed by atoms with Gasteiger partial charge in [-0.05, 0) is 0 Å². The molecule has 7 heteroatoms. The number of rotatable bonds is 9. The van der Waals surface area contributed by atoms with Gasteiger partial charge in [0.25, 0.3) is 0 Å². The van der Waals surface area contributed by atoms with E-state index < -0.39 is 17.0 Å². The van der Waals surface area contributed by atoms with E-state index in [2.05, 4.69) is 51.9 Å². The van der Waals surface area contributed by atoms with Gasteiger partial charge >= 0.3 is 246 Å². The Balaban J connectivity index is 1.55. The molecule has 0 amide bonds. The third-order valence-electron chi connectivity index (χ3n) is 7.30. The number of benzene rings is 5. The summed E-state index contributed by atoms with van der Waals surface area (Å²) in [6, 6.07) is 40.2. The predicted octanol–water partition coefficient (Wildman–Crippen LogP) is 8.81. The summed E-state index contributed by atoms with van der Waals surface area (Å²) in [5.74, 6) is 0.163. The van der Waals surface area contributed by atoms with Gasteiger partial charge in [0.05, 0.1) is 0 Å².